The maximum absolute atomic E-state index is 5.32. The SMILES string of the molecule is COc1ccccc1/C=N/NC(=S)Nc1ccc2c(c1)OCO2. The summed E-state index contributed by atoms with van der Waals surface area (Å²) in [6.07, 6.45) is 1.65. The Bertz CT molecular complexity index is 749. The van der Waals surface area contributed by atoms with Crippen LogP contribution in [0.25, 0.3) is 0 Å². The smallest absolute Gasteiger partial charge is 0.231 e. The molecule has 0 unspecified atom stereocenters. The minimum absolute atomic E-state index is 0.241. The van der Waals surface area contributed by atoms with Crippen molar-refractivity contribution in [3.63, 3.8) is 0 Å². The Kier molecular flexibility index (Phi) is 4.58. The summed E-state index contributed by atoms with van der Waals surface area (Å²) in [5.41, 5.74) is 4.41. The standard InChI is InChI=1S/C16H15N3O3S/c1-20-13-5-3-2-4-11(13)9-17-19-16(23)18-12-6-7-14-15(8-12)22-10-21-14/h2-9H,10H2,1H3,(H2,18,19,23)/b17-9+. The summed E-state index contributed by atoms with van der Waals surface area (Å²) in [6.45, 7) is 0.241. The van der Waals surface area contributed by atoms with Crippen molar-refractivity contribution in [1.29, 1.82) is 0 Å². The molecule has 0 aliphatic carbocycles. The topological polar surface area (TPSA) is 64.1 Å². The lowest BCUT2D eigenvalue weighted by Crippen LogP contribution is -2.23. The summed E-state index contributed by atoms with van der Waals surface area (Å²) in [4.78, 5) is 0. The van der Waals surface area contributed by atoms with Crippen LogP contribution in [0.5, 0.6) is 17.2 Å². The number of hydrogen-bond acceptors (Lipinski definition) is 5. The molecule has 0 fully saturated rings. The van der Waals surface area contributed by atoms with Gasteiger partial charge in [-0.1, -0.05) is 12.1 Å². The molecule has 2 N–H and O–H groups in total. The van der Waals surface area contributed by atoms with Crippen LogP contribution >= 0.6 is 12.2 Å². The Labute approximate surface area is 139 Å². The monoisotopic (exact) mass is 329 g/mol. The Morgan fingerprint density at radius 3 is 2.91 bits per heavy atom. The van der Waals surface area contributed by atoms with E-state index in [0.717, 1.165) is 22.7 Å². The largest absolute Gasteiger partial charge is 0.496 e. The summed E-state index contributed by atoms with van der Waals surface area (Å²) in [5.74, 6) is 2.16. The number of nitrogens with one attached hydrogen (secondary N) is 2. The van der Waals surface area contributed by atoms with Gasteiger partial charge in [-0.25, -0.2) is 0 Å². The van der Waals surface area contributed by atoms with Gasteiger partial charge in [0.2, 0.25) is 6.79 Å². The van der Waals surface area contributed by atoms with Crippen LogP contribution in [-0.2, 0) is 0 Å². The van der Waals surface area contributed by atoms with E-state index in [1.807, 2.05) is 42.5 Å². The van der Waals surface area contributed by atoms with Gasteiger partial charge in [0.05, 0.1) is 13.3 Å². The molecule has 0 aromatic heterocycles. The molecule has 0 saturated heterocycles. The Hall–Kier alpha value is -2.80. The van der Waals surface area contributed by atoms with Crippen molar-refractivity contribution in [2.45, 2.75) is 0 Å². The molecule has 2 aromatic rings. The van der Waals surface area contributed by atoms with Crippen molar-refractivity contribution in [2.75, 3.05) is 19.2 Å². The minimum atomic E-state index is 0.241. The average Bonchev–Trinajstić information content (AvgIpc) is 3.03. The maximum Gasteiger partial charge on any atom is 0.231 e. The van der Waals surface area contributed by atoms with Crippen LogP contribution in [0.15, 0.2) is 47.6 Å². The molecule has 3 rings (SSSR count). The number of ether oxygens (including phenoxy) is 3. The zero-order chi connectivity index (χ0) is 16.1. The molecule has 0 saturated carbocycles. The fraction of sp³-hybridized carbons (Fsp3) is 0.125. The lowest BCUT2D eigenvalue weighted by molar-refractivity contribution is 0.174. The minimum Gasteiger partial charge on any atom is -0.496 e. The zero-order valence-electron chi connectivity index (χ0n) is 12.4. The van der Waals surface area contributed by atoms with Gasteiger partial charge in [-0.05, 0) is 36.5 Å². The zero-order valence-corrected chi connectivity index (χ0v) is 13.2. The summed E-state index contributed by atoms with van der Waals surface area (Å²) in [6, 6.07) is 13.1. The van der Waals surface area contributed by atoms with Gasteiger partial charge in [0.1, 0.15) is 5.75 Å². The van der Waals surface area contributed by atoms with Gasteiger partial charge < -0.3 is 19.5 Å². The molecule has 0 amide bonds. The van der Waals surface area contributed by atoms with E-state index >= 15 is 0 Å². The van der Waals surface area contributed by atoms with Crippen molar-refractivity contribution < 1.29 is 14.2 Å². The molecule has 1 aliphatic heterocycles. The van der Waals surface area contributed by atoms with E-state index in [0.29, 0.717) is 10.9 Å². The third-order valence-electron chi connectivity index (χ3n) is 3.14. The number of fused-ring (bicyclic) bond motifs is 1. The van der Waals surface area contributed by atoms with E-state index in [-0.39, 0.29) is 6.79 Å². The van der Waals surface area contributed by atoms with Crippen molar-refractivity contribution >= 4 is 29.2 Å². The maximum atomic E-state index is 5.32. The second kappa shape index (κ2) is 6.97. The number of hydrogen-bond donors (Lipinski definition) is 2. The van der Waals surface area contributed by atoms with Gasteiger partial charge in [-0.2, -0.15) is 5.10 Å². The number of nitrogens with zero attached hydrogens (tertiary/aromatic N) is 1. The molecule has 0 spiro atoms. The Morgan fingerprint density at radius 2 is 2.04 bits per heavy atom. The summed E-state index contributed by atoms with van der Waals surface area (Å²) in [7, 11) is 1.62. The molecule has 1 heterocycles. The van der Waals surface area contributed by atoms with Crippen molar-refractivity contribution in [2.24, 2.45) is 5.10 Å². The van der Waals surface area contributed by atoms with Crippen LogP contribution < -0.4 is 25.0 Å². The second-order valence-electron chi connectivity index (χ2n) is 4.63. The van der Waals surface area contributed by atoms with Crippen LogP contribution in [0, 0.1) is 0 Å². The number of hydrazone groups is 1. The van der Waals surface area contributed by atoms with Gasteiger partial charge in [-0.15, -0.1) is 0 Å². The van der Waals surface area contributed by atoms with Crippen LogP contribution in [0.1, 0.15) is 5.56 Å². The molecule has 7 heteroatoms. The van der Waals surface area contributed by atoms with Crippen LogP contribution in [0.4, 0.5) is 5.69 Å². The van der Waals surface area contributed by atoms with Crippen molar-refractivity contribution in [1.82, 2.24) is 5.43 Å². The van der Waals surface area contributed by atoms with Gasteiger partial charge in [0, 0.05) is 17.3 Å². The Morgan fingerprint density at radius 1 is 1.22 bits per heavy atom. The highest BCUT2D eigenvalue weighted by Crippen LogP contribution is 2.34. The summed E-state index contributed by atoms with van der Waals surface area (Å²) < 4.78 is 15.8. The molecule has 118 valence electrons. The van der Waals surface area contributed by atoms with Gasteiger partial charge in [0.25, 0.3) is 0 Å². The molecule has 23 heavy (non-hydrogen) atoms. The van der Waals surface area contributed by atoms with Crippen LogP contribution in [0.3, 0.4) is 0 Å². The molecule has 0 atom stereocenters. The van der Waals surface area contributed by atoms with E-state index in [2.05, 4.69) is 15.8 Å². The fourth-order valence-corrected chi connectivity index (χ4v) is 2.24. The third kappa shape index (κ3) is 3.70. The molecular weight excluding hydrogens is 314 g/mol. The van der Waals surface area contributed by atoms with E-state index in [1.54, 1.807) is 13.3 Å². The third-order valence-corrected chi connectivity index (χ3v) is 3.33. The van der Waals surface area contributed by atoms with E-state index in [4.69, 9.17) is 26.4 Å². The number of benzene rings is 2. The predicted octanol–water partition coefficient (Wildman–Crippen LogP) is 2.74. The Balaban J connectivity index is 1.58. The molecule has 0 bridgehead atoms. The molecule has 0 radical (unpaired) electrons. The first kappa shape index (κ1) is 15.1. The first-order valence-electron chi connectivity index (χ1n) is 6.89. The van der Waals surface area contributed by atoms with Gasteiger partial charge in [0.15, 0.2) is 16.6 Å². The van der Waals surface area contributed by atoms with E-state index in [1.165, 1.54) is 0 Å². The van der Waals surface area contributed by atoms with Crippen molar-refractivity contribution in [3.05, 3.63) is 48.0 Å². The number of thiocarbonyl (C=S) groups is 1. The normalized spacial score (nSPS) is 12.2. The molecular formula is C16H15N3O3S. The number of methoxy groups -OCH3 is 1. The number of para-hydroxylation sites is 1. The van der Waals surface area contributed by atoms with E-state index < -0.39 is 0 Å². The average molecular weight is 329 g/mol. The van der Waals surface area contributed by atoms with Crippen molar-refractivity contribution in [3.8, 4) is 17.2 Å². The van der Waals surface area contributed by atoms with Gasteiger partial charge in [-0.3, -0.25) is 5.43 Å². The fourth-order valence-electron chi connectivity index (χ4n) is 2.07. The van der Waals surface area contributed by atoms with Gasteiger partial charge >= 0.3 is 0 Å². The highest BCUT2D eigenvalue weighted by atomic mass is 32.1. The number of rotatable bonds is 4. The first-order valence-corrected chi connectivity index (χ1v) is 7.30. The van der Waals surface area contributed by atoms with Crippen LogP contribution in [-0.4, -0.2) is 25.2 Å². The quantitative estimate of drug-likeness (QED) is 0.511. The van der Waals surface area contributed by atoms with E-state index in [9.17, 15) is 0 Å². The lowest BCUT2D eigenvalue weighted by Gasteiger charge is -2.08. The highest BCUT2D eigenvalue weighted by Gasteiger charge is 2.13. The van der Waals surface area contributed by atoms with Crippen LogP contribution in [0.2, 0.25) is 0 Å². The highest BCUT2D eigenvalue weighted by molar-refractivity contribution is 7.80. The first-order chi connectivity index (χ1) is 11.3. The second-order valence-corrected chi connectivity index (χ2v) is 5.04. The predicted molar refractivity (Wildman–Crippen MR) is 92.5 cm³/mol. The number of anilines is 1. The summed E-state index contributed by atoms with van der Waals surface area (Å²) >= 11 is 5.20. The lowest BCUT2D eigenvalue weighted by atomic mass is 10.2. The molecule has 1 aliphatic rings. The molecule has 2 aromatic carbocycles. The molecule has 6 nitrogen and oxygen atoms in total. The summed E-state index contributed by atoms with van der Waals surface area (Å²) in [5, 5.41) is 7.50.